The van der Waals surface area contributed by atoms with Crippen molar-refractivity contribution in [2.75, 3.05) is 6.61 Å². The zero-order valence-corrected chi connectivity index (χ0v) is 12.4. The van der Waals surface area contributed by atoms with Crippen molar-refractivity contribution in [2.24, 2.45) is 0 Å². The lowest BCUT2D eigenvalue weighted by Crippen LogP contribution is -2.42. The zero-order chi connectivity index (χ0) is 14.7. The first kappa shape index (κ1) is 14.9. The van der Waals surface area contributed by atoms with Crippen molar-refractivity contribution in [3.05, 3.63) is 28.8 Å². The molecule has 0 aliphatic heterocycles. The summed E-state index contributed by atoms with van der Waals surface area (Å²) in [6.45, 7) is 5.99. The topological polar surface area (TPSA) is 58.6 Å². The standard InChI is InChI=1S/C16H23NO3/c1-10-7-8-11(2)16(12(10)3)20-9-15(19)17-13-5-4-6-14(13)18/h7-8,13-14,18H,4-6,9H2,1-3H3,(H,17,19). The van der Waals surface area contributed by atoms with Crippen molar-refractivity contribution >= 4 is 5.91 Å². The quantitative estimate of drug-likeness (QED) is 0.885. The highest BCUT2D eigenvalue weighted by Crippen LogP contribution is 2.25. The molecule has 1 aromatic carbocycles. The lowest BCUT2D eigenvalue weighted by molar-refractivity contribution is -0.124. The molecule has 4 heteroatoms. The molecule has 0 spiro atoms. The maximum atomic E-state index is 11.9. The molecule has 1 amide bonds. The highest BCUT2D eigenvalue weighted by molar-refractivity contribution is 5.78. The van der Waals surface area contributed by atoms with Crippen LogP contribution in [0.2, 0.25) is 0 Å². The fourth-order valence-electron chi connectivity index (χ4n) is 2.64. The molecule has 1 aliphatic carbocycles. The lowest BCUT2D eigenvalue weighted by Gasteiger charge is -2.18. The fraction of sp³-hybridized carbons (Fsp3) is 0.562. The Morgan fingerprint density at radius 2 is 2.00 bits per heavy atom. The van der Waals surface area contributed by atoms with Crippen molar-refractivity contribution in [3.8, 4) is 5.75 Å². The predicted molar refractivity (Wildman–Crippen MR) is 77.9 cm³/mol. The van der Waals surface area contributed by atoms with Gasteiger partial charge >= 0.3 is 0 Å². The highest BCUT2D eigenvalue weighted by atomic mass is 16.5. The third-order valence-corrected chi connectivity index (χ3v) is 4.05. The van der Waals surface area contributed by atoms with Crippen LogP contribution in [-0.2, 0) is 4.79 Å². The van der Waals surface area contributed by atoms with E-state index in [9.17, 15) is 9.90 Å². The van der Waals surface area contributed by atoms with E-state index in [0.717, 1.165) is 41.7 Å². The number of benzene rings is 1. The second-order valence-electron chi connectivity index (χ2n) is 5.61. The molecule has 0 heterocycles. The Balaban J connectivity index is 1.92. The number of rotatable bonds is 4. The summed E-state index contributed by atoms with van der Waals surface area (Å²) in [6, 6.07) is 3.92. The Hall–Kier alpha value is -1.55. The monoisotopic (exact) mass is 277 g/mol. The Kier molecular flexibility index (Phi) is 4.65. The molecule has 1 aromatic rings. The minimum Gasteiger partial charge on any atom is -0.483 e. The number of amides is 1. The second kappa shape index (κ2) is 6.27. The molecule has 1 fully saturated rings. The largest absolute Gasteiger partial charge is 0.483 e. The van der Waals surface area contributed by atoms with E-state index in [1.807, 2.05) is 32.9 Å². The van der Waals surface area contributed by atoms with Crippen molar-refractivity contribution < 1.29 is 14.6 Å². The van der Waals surface area contributed by atoms with Gasteiger partial charge in [-0.3, -0.25) is 4.79 Å². The van der Waals surface area contributed by atoms with Crippen LogP contribution in [0.3, 0.4) is 0 Å². The van der Waals surface area contributed by atoms with E-state index < -0.39 is 6.10 Å². The maximum Gasteiger partial charge on any atom is 0.258 e. The number of aliphatic hydroxyl groups is 1. The van der Waals surface area contributed by atoms with Gasteiger partial charge in [0, 0.05) is 0 Å². The fourth-order valence-corrected chi connectivity index (χ4v) is 2.64. The van der Waals surface area contributed by atoms with Crippen LogP contribution in [0.15, 0.2) is 12.1 Å². The highest BCUT2D eigenvalue weighted by Gasteiger charge is 2.26. The third-order valence-electron chi connectivity index (χ3n) is 4.05. The van der Waals surface area contributed by atoms with E-state index in [1.54, 1.807) is 0 Å². The van der Waals surface area contributed by atoms with E-state index in [2.05, 4.69) is 5.32 Å². The van der Waals surface area contributed by atoms with Crippen LogP contribution in [0, 0.1) is 20.8 Å². The maximum absolute atomic E-state index is 11.9. The minimum absolute atomic E-state index is 0.00560. The van der Waals surface area contributed by atoms with Gasteiger partial charge in [0.15, 0.2) is 6.61 Å². The summed E-state index contributed by atoms with van der Waals surface area (Å²) in [6.07, 6.45) is 2.15. The molecule has 110 valence electrons. The van der Waals surface area contributed by atoms with E-state index >= 15 is 0 Å². The molecule has 2 atom stereocenters. The first-order valence-corrected chi connectivity index (χ1v) is 7.16. The smallest absolute Gasteiger partial charge is 0.258 e. The Bertz CT molecular complexity index is 499. The number of ether oxygens (including phenoxy) is 1. The Morgan fingerprint density at radius 1 is 1.30 bits per heavy atom. The molecule has 0 radical (unpaired) electrons. The summed E-state index contributed by atoms with van der Waals surface area (Å²) in [7, 11) is 0. The number of carbonyl (C=O) groups excluding carboxylic acids is 1. The zero-order valence-electron chi connectivity index (χ0n) is 12.4. The minimum atomic E-state index is -0.415. The van der Waals surface area contributed by atoms with Crippen LogP contribution >= 0.6 is 0 Å². The van der Waals surface area contributed by atoms with E-state index in [1.165, 1.54) is 0 Å². The predicted octanol–water partition coefficient (Wildman–Crippen LogP) is 2.02. The van der Waals surface area contributed by atoms with Crippen LogP contribution in [0.25, 0.3) is 0 Å². The molecule has 4 nitrogen and oxygen atoms in total. The molecule has 1 saturated carbocycles. The number of aryl methyl sites for hydroxylation is 2. The number of nitrogens with one attached hydrogen (secondary N) is 1. The summed E-state index contributed by atoms with van der Waals surface area (Å²) in [4.78, 5) is 11.9. The van der Waals surface area contributed by atoms with E-state index in [-0.39, 0.29) is 18.6 Å². The van der Waals surface area contributed by atoms with Gasteiger partial charge in [-0.1, -0.05) is 12.1 Å². The Morgan fingerprint density at radius 3 is 2.65 bits per heavy atom. The van der Waals surface area contributed by atoms with Crippen molar-refractivity contribution in [1.82, 2.24) is 5.32 Å². The van der Waals surface area contributed by atoms with Gasteiger partial charge in [-0.25, -0.2) is 0 Å². The molecule has 0 bridgehead atoms. The van der Waals surface area contributed by atoms with Crippen LogP contribution in [-0.4, -0.2) is 29.8 Å². The molecule has 2 N–H and O–H groups in total. The number of hydrogen-bond donors (Lipinski definition) is 2. The molecular formula is C16H23NO3. The third kappa shape index (κ3) is 3.31. The van der Waals surface area contributed by atoms with Gasteiger partial charge in [0.1, 0.15) is 5.75 Å². The van der Waals surface area contributed by atoms with Crippen LogP contribution < -0.4 is 10.1 Å². The van der Waals surface area contributed by atoms with E-state index in [0.29, 0.717) is 0 Å². The van der Waals surface area contributed by atoms with Gasteiger partial charge in [0.25, 0.3) is 5.91 Å². The molecular weight excluding hydrogens is 254 g/mol. The molecule has 20 heavy (non-hydrogen) atoms. The number of hydrogen-bond acceptors (Lipinski definition) is 3. The second-order valence-corrected chi connectivity index (χ2v) is 5.61. The molecule has 0 aromatic heterocycles. The number of carbonyl (C=O) groups is 1. The number of aliphatic hydroxyl groups excluding tert-OH is 1. The summed E-state index contributed by atoms with van der Waals surface area (Å²) in [5.41, 5.74) is 3.25. The van der Waals surface area contributed by atoms with E-state index in [4.69, 9.17) is 4.74 Å². The van der Waals surface area contributed by atoms with Crippen molar-refractivity contribution in [3.63, 3.8) is 0 Å². The van der Waals surface area contributed by atoms with Crippen LogP contribution in [0.5, 0.6) is 5.75 Å². The van der Waals surface area contributed by atoms with Gasteiger partial charge in [-0.2, -0.15) is 0 Å². The first-order chi connectivity index (χ1) is 9.49. The molecule has 0 saturated heterocycles. The lowest BCUT2D eigenvalue weighted by atomic mass is 10.1. The van der Waals surface area contributed by atoms with Crippen LogP contribution in [0.1, 0.15) is 36.0 Å². The van der Waals surface area contributed by atoms with Crippen molar-refractivity contribution in [1.29, 1.82) is 0 Å². The summed E-state index contributed by atoms with van der Waals surface area (Å²) < 4.78 is 5.66. The average Bonchev–Trinajstić information content (AvgIpc) is 2.80. The summed E-state index contributed by atoms with van der Waals surface area (Å²) in [5.74, 6) is 0.614. The van der Waals surface area contributed by atoms with Gasteiger partial charge in [0.05, 0.1) is 12.1 Å². The van der Waals surface area contributed by atoms with Gasteiger partial charge in [0.2, 0.25) is 0 Å². The van der Waals surface area contributed by atoms with Gasteiger partial charge < -0.3 is 15.2 Å². The average molecular weight is 277 g/mol. The summed E-state index contributed by atoms with van der Waals surface area (Å²) in [5, 5.41) is 12.5. The van der Waals surface area contributed by atoms with Crippen LogP contribution in [0.4, 0.5) is 0 Å². The molecule has 2 rings (SSSR count). The van der Waals surface area contributed by atoms with Crippen molar-refractivity contribution in [2.45, 2.75) is 52.2 Å². The summed E-state index contributed by atoms with van der Waals surface area (Å²) >= 11 is 0. The normalized spacial score (nSPS) is 21.8. The van der Waals surface area contributed by atoms with Gasteiger partial charge in [-0.15, -0.1) is 0 Å². The SMILES string of the molecule is Cc1ccc(C)c(OCC(=O)NC2CCCC2O)c1C. The molecule has 2 unspecified atom stereocenters. The van der Waals surface area contributed by atoms with Gasteiger partial charge in [-0.05, 0) is 56.7 Å². The first-order valence-electron chi connectivity index (χ1n) is 7.16. The molecule has 1 aliphatic rings. The Labute approximate surface area is 120 Å².